The van der Waals surface area contributed by atoms with E-state index in [9.17, 15) is 0 Å². The van der Waals surface area contributed by atoms with Crippen LogP contribution in [0, 0.1) is 0 Å². The molecule has 182 valence electrons. The smallest absolute Gasteiger partial charge is 0.107 e. The van der Waals surface area contributed by atoms with Crippen LogP contribution in [0.1, 0.15) is 33.3 Å². The summed E-state index contributed by atoms with van der Waals surface area (Å²) in [7, 11) is 0. The van der Waals surface area contributed by atoms with Crippen molar-refractivity contribution in [3.8, 4) is 0 Å². The van der Waals surface area contributed by atoms with Gasteiger partial charge in [-0.1, -0.05) is 136 Å². The molecular weight excluding hydrogens is 490 g/mol. The summed E-state index contributed by atoms with van der Waals surface area (Å²) in [5.41, 5.74) is 1.37. The summed E-state index contributed by atoms with van der Waals surface area (Å²) in [5.74, 6) is 0. The topological polar surface area (TPSA) is 6.48 Å². The molecule has 3 aromatic carbocycles. The van der Waals surface area contributed by atoms with Crippen molar-refractivity contribution in [2.75, 3.05) is 32.3 Å². The fourth-order valence-electron chi connectivity index (χ4n) is 4.73. The fourth-order valence-corrected chi connectivity index (χ4v) is 13.7. The molecular formula is C28H38N2P2S2. The summed E-state index contributed by atoms with van der Waals surface area (Å²) in [6.07, 6.45) is -0.177. The molecule has 0 unspecified atom stereocenters. The Kier molecular flexibility index (Phi) is 10.3. The Morgan fingerprint density at radius 3 is 1.44 bits per heavy atom. The zero-order chi connectivity index (χ0) is 24.6. The molecule has 3 aromatic rings. The maximum atomic E-state index is 6.64. The zero-order valence-electron chi connectivity index (χ0n) is 20.9. The first-order chi connectivity index (χ1) is 16.4. The first-order valence-electron chi connectivity index (χ1n) is 12.3. The highest BCUT2D eigenvalue weighted by atomic mass is 32.4. The molecule has 34 heavy (non-hydrogen) atoms. The highest BCUT2D eigenvalue weighted by Crippen LogP contribution is 2.53. The van der Waals surface area contributed by atoms with Crippen LogP contribution in [0.5, 0.6) is 0 Å². The van der Waals surface area contributed by atoms with Gasteiger partial charge in [-0.25, -0.2) is 0 Å². The van der Waals surface area contributed by atoms with Gasteiger partial charge in [0.1, 0.15) is 6.34 Å². The lowest BCUT2D eigenvalue weighted by molar-refractivity contribution is 0.428. The Morgan fingerprint density at radius 1 is 0.588 bits per heavy atom. The number of hydrogen-bond donors (Lipinski definition) is 0. The van der Waals surface area contributed by atoms with Crippen molar-refractivity contribution in [3.63, 3.8) is 0 Å². The van der Waals surface area contributed by atoms with Gasteiger partial charge >= 0.3 is 0 Å². The number of rotatable bonds is 12. The Bertz CT molecular complexity index is 1070. The molecule has 0 N–H and O–H groups in total. The molecule has 0 aliphatic carbocycles. The van der Waals surface area contributed by atoms with Crippen LogP contribution < -0.4 is 15.9 Å². The van der Waals surface area contributed by atoms with Crippen LogP contribution >= 0.6 is 12.4 Å². The van der Waals surface area contributed by atoms with Crippen LogP contribution in [0.3, 0.4) is 0 Å². The first-order valence-corrected chi connectivity index (χ1v) is 18.0. The van der Waals surface area contributed by atoms with E-state index in [2.05, 4.69) is 122 Å². The fraction of sp³-hybridized carbons (Fsp3) is 0.357. The van der Waals surface area contributed by atoms with Crippen molar-refractivity contribution in [1.29, 1.82) is 0 Å². The molecule has 0 radical (unpaired) electrons. The molecule has 0 aromatic heterocycles. The average molecular weight is 529 g/mol. The van der Waals surface area contributed by atoms with E-state index in [0.717, 1.165) is 38.8 Å². The van der Waals surface area contributed by atoms with E-state index < -0.39 is 12.4 Å². The lowest BCUT2D eigenvalue weighted by Crippen LogP contribution is -2.38. The summed E-state index contributed by atoms with van der Waals surface area (Å²) in [4.78, 5) is 0. The van der Waals surface area contributed by atoms with E-state index in [0.29, 0.717) is 0 Å². The van der Waals surface area contributed by atoms with Gasteiger partial charge in [0.25, 0.3) is 0 Å². The summed E-state index contributed by atoms with van der Waals surface area (Å²) in [6, 6.07) is 28.5. The highest BCUT2D eigenvalue weighted by molar-refractivity contribution is 8.22. The Balaban J connectivity index is 2.07. The second-order valence-corrected chi connectivity index (χ2v) is 17.4. The molecule has 0 saturated carbocycles. The maximum Gasteiger partial charge on any atom is 0.107 e. The quantitative estimate of drug-likeness (QED) is 0.267. The lowest BCUT2D eigenvalue weighted by atomic mass is 10.2. The van der Waals surface area contributed by atoms with Crippen LogP contribution in [0.4, 0.5) is 0 Å². The van der Waals surface area contributed by atoms with E-state index in [-0.39, 0.29) is 0 Å². The molecule has 0 heterocycles. The van der Waals surface area contributed by atoms with E-state index in [1.165, 1.54) is 21.5 Å². The van der Waals surface area contributed by atoms with Gasteiger partial charge in [0.2, 0.25) is 0 Å². The minimum Gasteiger partial charge on any atom is -0.261 e. The van der Waals surface area contributed by atoms with E-state index in [1.807, 2.05) is 0 Å². The largest absolute Gasteiger partial charge is 0.261 e. The normalized spacial score (nSPS) is 12.4. The molecule has 3 rings (SSSR count). The van der Waals surface area contributed by atoms with E-state index >= 15 is 0 Å². The summed E-state index contributed by atoms with van der Waals surface area (Å²) >= 11 is 13.2. The maximum absolute atomic E-state index is 6.64. The van der Waals surface area contributed by atoms with Gasteiger partial charge in [0.15, 0.2) is 0 Å². The molecule has 0 aliphatic rings. The third-order valence-corrected chi connectivity index (χ3v) is 17.2. The highest BCUT2D eigenvalue weighted by Gasteiger charge is 2.33. The van der Waals surface area contributed by atoms with Crippen molar-refractivity contribution in [3.05, 3.63) is 90.5 Å². The Labute approximate surface area is 217 Å². The second kappa shape index (κ2) is 12.7. The van der Waals surface area contributed by atoms with Gasteiger partial charge in [0.05, 0.1) is 0 Å². The SMILES string of the molecule is CCN(CC)P(=S)(c1ccccc1CCP(=S)(c1ccccc1)c1ccccc1)N(CC)CC. The first kappa shape index (κ1) is 27.5. The van der Waals surface area contributed by atoms with E-state index in [4.69, 9.17) is 23.6 Å². The van der Waals surface area contributed by atoms with Crippen LogP contribution in [-0.2, 0) is 30.0 Å². The van der Waals surface area contributed by atoms with Crippen molar-refractivity contribution in [1.82, 2.24) is 9.34 Å². The summed E-state index contributed by atoms with van der Waals surface area (Å²) in [5, 5.41) is 3.93. The lowest BCUT2D eigenvalue weighted by Gasteiger charge is -2.42. The molecule has 6 heteroatoms. The minimum absolute atomic E-state index is 0.943. The van der Waals surface area contributed by atoms with Gasteiger partial charge in [-0.05, 0) is 28.8 Å². The molecule has 0 atom stereocenters. The number of nitrogens with zero attached hydrogens (tertiary/aromatic N) is 2. The van der Waals surface area contributed by atoms with Crippen LogP contribution in [-0.4, -0.2) is 41.7 Å². The van der Waals surface area contributed by atoms with Gasteiger partial charge in [-0.3, -0.25) is 9.34 Å². The van der Waals surface area contributed by atoms with Crippen molar-refractivity contribution in [2.24, 2.45) is 0 Å². The number of benzene rings is 3. The molecule has 0 fully saturated rings. The predicted octanol–water partition coefficient (Wildman–Crippen LogP) is 5.98. The Hall–Kier alpha value is -1.12. The molecule has 0 amide bonds. The summed E-state index contributed by atoms with van der Waals surface area (Å²) < 4.78 is 5.05. The van der Waals surface area contributed by atoms with Crippen molar-refractivity contribution in [2.45, 2.75) is 34.1 Å². The van der Waals surface area contributed by atoms with Crippen LogP contribution in [0.25, 0.3) is 0 Å². The third-order valence-electron chi connectivity index (χ3n) is 6.57. The molecule has 0 bridgehead atoms. The van der Waals surface area contributed by atoms with Crippen molar-refractivity contribution >= 4 is 51.9 Å². The third kappa shape index (κ3) is 5.65. The minimum atomic E-state index is -2.08. The van der Waals surface area contributed by atoms with Gasteiger partial charge < -0.3 is 0 Å². The van der Waals surface area contributed by atoms with E-state index in [1.54, 1.807) is 0 Å². The number of hydrogen-bond acceptors (Lipinski definition) is 2. The number of aryl methyl sites for hydroxylation is 1. The standard InChI is InChI=1S/C28H38N2P2S2/c1-5-29(6-2)32(34,30(7-3)8-4)28-22-16-15-17-25(28)23-24-31(33,26-18-11-9-12-19-26)27-20-13-10-14-21-27/h9-22H,5-8,23-24H2,1-4H3. The molecule has 2 nitrogen and oxygen atoms in total. The van der Waals surface area contributed by atoms with Crippen LogP contribution in [0.2, 0.25) is 0 Å². The van der Waals surface area contributed by atoms with Gasteiger partial charge in [-0.2, -0.15) is 0 Å². The van der Waals surface area contributed by atoms with Crippen molar-refractivity contribution < 1.29 is 0 Å². The second-order valence-electron chi connectivity index (χ2n) is 8.33. The molecule has 0 spiro atoms. The monoisotopic (exact) mass is 528 g/mol. The van der Waals surface area contributed by atoms with Gasteiger partial charge in [0, 0.05) is 37.5 Å². The average Bonchev–Trinajstić information content (AvgIpc) is 2.90. The Morgan fingerprint density at radius 2 is 1.00 bits per heavy atom. The summed E-state index contributed by atoms with van der Waals surface area (Å²) in [6.45, 7) is 12.8. The van der Waals surface area contributed by atoms with Crippen LogP contribution in [0.15, 0.2) is 84.9 Å². The zero-order valence-corrected chi connectivity index (χ0v) is 24.4. The van der Waals surface area contributed by atoms with Gasteiger partial charge in [-0.15, -0.1) is 0 Å². The molecule has 0 aliphatic heterocycles. The molecule has 0 saturated heterocycles. The predicted molar refractivity (Wildman–Crippen MR) is 161 cm³/mol.